The molecule has 8 rings (SSSR count). The SMILES string of the molecule is CC.CC.CC(C)C.CC(C)C.CC(C)c1c(F)c(F)c(S(C)(=O)=O)c(NC2CCCCCCC2)c1F.CC(C)c1c(F)c(F)c(S(N)(=O)=O)c(NC2CCCCCCCCCCC2)c1F.CC(C)c1nnc(S(C)(=O)=O)s1.CS(=O)(=O)c1ccccc1.CS(=O)(=O)c1nc2ccccc2s1. The van der Waals surface area contributed by atoms with Gasteiger partial charge in [0.25, 0.3) is 0 Å². The third-order valence-corrected chi connectivity index (χ3v) is 23.1. The van der Waals surface area contributed by atoms with Gasteiger partial charge in [-0.3, -0.25) is 0 Å². The fourth-order valence-corrected chi connectivity index (χ4v) is 15.6. The van der Waals surface area contributed by atoms with Gasteiger partial charge in [-0.05, 0) is 73.6 Å². The fourth-order valence-electron chi connectivity index (χ4n) is 9.80. The predicted molar refractivity (Wildman–Crippen MR) is 406 cm³/mol. The molecule has 578 valence electrons. The summed E-state index contributed by atoms with van der Waals surface area (Å²) in [6.07, 6.45) is 22.1. The van der Waals surface area contributed by atoms with Gasteiger partial charge in [0.05, 0.1) is 26.5 Å². The molecule has 0 bridgehead atoms. The maximum absolute atomic E-state index is 15.2. The van der Waals surface area contributed by atoms with Crippen molar-refractivity contribution in [1.29, 1.82) is 0 Å². The number of fused-ring (bicyclic) bond motifs is 1. The average Bonchev–Trinajstić information content (AvgIpc) is 1.69. The summed E-state index contributed by atoms with van der Waals surface area (Å²) in [7, 11) is -18.1. The van der Waals surface area contributed by atoms with Gasteiger partial charge < -0.3 is 10.6 Å². The Morgan fingerprint density at radius 3 is 1.03 bits per heavy atom. The van der Waals surface area contributed by atoms with Crippen LogP contribution in [0, 0.1) is 46.7 Å². The minimum Gasteiger partial charge on any atom is -0.379 e. The van der Waals surface area contributed by atoms with E-state index >= 15 is 4.39 Å². The molecule has 0 amide bonds. The van der Waals surface area contributed by atoms with E-state index in [1.54, 1.807) is 50.2 Å². The highest BCUT2D eigenvalue weighted by Crippen LogP contribution is 2.39. The van der Waals surface area contributed by atoms with Crippen LogP contribution in [0.15, 0.2) is 78.0 Å². The zero-order chi connectivity index (χ0) is 78.0. The van der Waals surface area contributed by atoms with Crippen molar-refractivity contribution < 1.29 is 68.4 Å². The van der Waals surface area contributed by atoms with Crippen molar-refractivity contribution in [1.82, 2.24) is 15.2 Å². The van der Waals surface area contributed by atoms with E-state index in [9.17, 15) is 64.0 Å². The number of rotatable bonds is 12. The molecule has 0 saturated heterocycles. The number of hydrogen-bond donors (Lipinski definition) is 3. The number of benzene rings is 4. The van der Waals surface area contributed by atoms with Crippen molar-refractivity contribution in [3.63, 3.8) is 0 Å². The third kappa shape index (κ3) is 35.2. The second-order valence-corrected chi connectivity index (χ2v) is 38.5. The number of thiazole rings is 1. The van der Waals surface area contributed by atoms with Gasteiger partial charge in [-0.1, -0.05) is 242 Å². The Bertz CT molecular complexity index is 3940. The molecule has 29 heteroatoms. The van der Waals surface area contributed by atoms with Crippen molar-refractivity contribution in [2.75, 3.05) is 35.7 Å². The molecule has 2 saturated carbocycles. The normalized spacial score (nSPS) is 14.5. The van der Waals surface area contributed by atoms with Crippen molar-refractivity contribution >= 4 is 93.6 Å². The molecule has 0 spiro atoms. The smallest absolute Gasteiger partial charge is 0.243 e. The molecule has 4 N–H and O–H groups in total. The van der Waals surface area contributed by atoms with E-state index in [4.69, 9.17) is 5.14 Å². The molecule has 6 aromatic rings. The highest BCUT2D eigenvalue weighted by molar-refractivity contribution is 7.93. The Labute approximate surface area is 610 Å². The van der Waals surface area contributed by atoms with Gasteiger partial charge in [0.15, 0.2) is 54.6 Å². The molecule has 101 heavy (non-hydrogen) atoms. The van der Waals surface area contributed by atoms with Crippen molar-refractivity contribution in [3.05, 3.63) is 106 Å². The van der Waals surface area contributed by atoms with E-state index < -0.39 is 128 Å². The van der Waals surface area contributed by atoms with Gasteiger partial charge in [-0.25, -0.2) is 78.6 Å². The molecule has 2 aliphatic rings. The number of sulfonamides is 1. The van der Waals surface area contributed by atoms with Gasteiger partial charge >= 0.3 is 0 Å². The summed E-state index contributed by atoms with van der Waals surface area (Å²) in [5.74, 6) is -7.48. The van der Waals surface area contributed by atoms with Crippen LogP contribution in [0.1, 0.15) is 260 Å². The zero-order valence-electron chi connectivity index (χ0n) is 63.1. The Morgan fingerprint density at radius 2 is 0.743 bits per heavy atom. The number of aromatic nitrogens is 3. The summed E-state index contributed by atoms with van der Waals surface area (Å²) in [4.78, 5) is 2.35. The maximum Gasteiger partial charge on any atom is 0.243 e. The second-order valence-electron chi connectivity index (χ2n) is 26.6. The number of anilines is 2. The molecule has 0 atom stereocenters. The number of nitrogens with zero attached hydrogens (tertiary/aromatic N) is 3. The highest BCUT2D eigenvalue weighted by atomic mass is 32.2. The Balaban J connectivity index is 0.00000124. The number of halogens is 6. The molecular formula is C72H116F6N6O10S7. The molecule has 2 heterocycles. The lowest BCUT2D eigenvalue weighted by molar-refractivity contribution is 0.446. The molecule has 16 nitrogen and oxygen atoms in total. The average molecular weight is 1560 g/mol. The third-order valence-electron chi connectivity index (χ3n) is 14.3. The molecule has 2 aliphatic carbocycles. The van der Waals surface area contributed by atoms with Crippen molar-refractivity contribution in [2.24, 2.45) is 17.0 Å². The number of hydrogen-bond acceptors (Lipinski definition) is 17. The molecule has 2 fully saturated rings. The summed E-state index contributed by atoms with van der Waals surface area (Å²) in [6.45, 7) is 31.0. The van der Waals surface area contributed by atoms with Gasteiger partial charge in [0.2, 0.25) is 38.4 Å². The number of primary sulfonamides is 1. The Kier molecular flexibility index (Phi) is 44.7. The largest absolute Gasteiger partial charge is 0.379 e. The summed E-state index contributed by atoms with van der Waals surface area (Å²) < 4.78 is 203. The fraction of sp³-hybridized carbons (Fsp3) is 0.625. The number of sulfone groups is 4. The summed E-state index contributed by atoms with van der Waals surface area (Å²) in [6, 6.07) is 15.4. The predicted octanol–water partition coefficient (Wildman–Crippen LogP) is 20.3. The molecule has 0 radical (unpaired) electrons. The van der Waals surface area contributed by atoms with E-state index in [1.165, 1.54) is 57.0 Å². The molecule has 2 aromatic heterocycles. The van der Waals surface area contributed by atoms with Crippen LogP contribution in [0.4, 0.5) is 37.7 Å². The van der Waals surface area contributed by atoms with Crippen LogP contribution in [0.25, 0.3) is 10.2 Å². The minimum atomic E-state index is -4.66. The monoisotopic (exact) mass is 1560 g/mol. The summed E-state index contributed by atoms with van der Waals surface area (Å²) >= 11 is 2.34. The standard InChI is InChI=1S/C21H33F3N2O2S.C18H26F3NO2S.C8H7NO2S2.C7H8O2S.C6H10N2O2S2.2C4H10.2C2H6/c1-14(2)16-17(22)19(24)21(29(25,27)28)20(18(16)23)26-15-12-10-8-6-4-3-5-7-9-11-13-15;1-11(2)13-14(19)16(21)18(25(3,23)24)17(15(13)20)22-12-9-7-5-4-6-8-10-12;1-13(10,11)8-9-6-4-2-3-5-7(6)12-8;1-10(8,9)7-5-3-2-4-6-7;1-4(2)5-7-8-6(11-5)12(3,9)10;2*1-4(2)3;2*1-2/h14-15,26H,3-13H2,1-2H3,(H2,25,27,28);11-12,22H,4-10H2,1-3H3;2-5H,1H3;2-6H,1H3;4H,1-3H3;2*4H,1-3H3;2*1-2H3. The number of nitrogens with two attached hydrogens (primary N) is 1. The lowest BCUT2D eigenvalue weighted by Gasteiger charge is -2.25. The summed E-state index contributed by atoms with van der Waals surface area (Å²) in [5.41, 5.74) is -1.10. The molecule has 0 aliphatic heterocycles. The van der Waals surface area contributed by atoms with Crippen LogP contribution in [0.3, 0.4) is 0 Å². The van der Waals surface area contributed by atoms with Crippen LogP contribution < -0.4 is 15.8 Å². The minimum absolute atomic E-state index is 0.103. The van der Waals surface area contributed by atoms with Crippen molar-refractivity contribution in [3.8, 4) is 0 Å². The van der Waals surface area contributed by atoms with E-state index in [-0.39, 0.29) is 26.7 Å². The first kappa shape index (κ1) is 96.2. The summed E-state index contributed by atoms with van der Waals surface area (Å²) in [5, 5.41) is 19.0. The zero-order valence-corrected chi connectivity index (χ0v) is 68.8. The number of nitrogens with one attached hydrogen (secondary N) is 2. The van der Waals surface area contributed by atoms with Crippen LogP contribution in [0.5, 0.6) is 0 Å². The Hall–Kier alpha value is -4.78. The van der Waals surface area contributed by atoms with E-state index in [0.29, 0.717) is 17.7 Å². The van der Waals surface area contributed by atoms with E-state index in [1.807, 2.05) is 59.7 Å². The second kappa shape index (κ2) is 46.9. The molecule has 0 unspecified atom stereocenters. The van der Waals surface area contributed by atoms with Crippen LogP contribution in [-0.4, -0.2) is 94.4 Å². The quantitative estimate of drug-likeness (QED) is 0.0760. The topological polar surface area (TPSA) is 259 Å². The first-order valence-corrected chi connectivity index (χ1v) is 45.6. The van der Waals surface area contributed by atoms with Crippen molar-refractivity contribution in [2.45, 2.75) is 280 Å². The Morgan fingerprint density at radius 1 is 0.406 bits per heavy atom. The first-order chi connectivity index (χ1) is 46.8. The number of para-hydroxylation sites is 1. The first-order valence-electron chi connectivity index (χ1n) is 34.8. The van der Waals surface area contributed by atoms with E-state index in [0.717, 1.165) is 134 Å². The van der Waals surface area contributed by atoms with Gasteiger partial charge in [0.1, 0.15) is 14.8 Å². The highest BCUT2D eigenvalue weighted by Gasteiger charge is 2.34. The van der Waals surface area contributed by atoms with Gasteiger partial charge in [0, 0.05) is 54.2 Å². The lowest BCUT2D eigenvalue weighted by Crippen LogP contribution is -2.26. The van der Waals surface area contributed by atoms with Crippen LogP contribution in [-0.2, 0) is 49.4 Å². The van der Waals surface area contributed by atoms with E-state index in [2.05, 4.69) is 67.4 Å². The molecular weight excluding hydrogens is 1450 g/mol. The van der Waals surface area contributed by atoms with Crippen LogP contribution >= 0.6 is 22.7 Å². The maximum atomic E-state index is 15.2. The van der Waals surface area contributed by atoms with Gasteiger partial charge in [-0.15, -0.1) is 21.5 Å². The van der Waals surface area contributed by atoms with Gasteiger partial charge in [-0.2, -0.15) is 0 Å². The molecule has 4 aromatic carbocycles. The van der Waals surface area contributed by atoms with Crippen LogP contribution in [0.2, 0.25) is 0 Å². The lowest BCUT2D eigenvalue weighted by atomic mass is 9.95.